The molecule has 5 rings (SSSR count). The van der Waals surface area contributed by atoms with Crippen LogP contribution in [-0.2, 0) is 4.79 Å². The topological polar surface area (TPSA) is 69.3 Å². The van der Waals surface area contributed by atoms with Crippen LogP contribution >= 0.6 is 11.8 Å². The monoisotopic (exact) mass is 432 g/mol. The van der Waals surface area contributed by atoms with E-state index in [0.29, 0.717) is 22.7 Å². The molecule has 1 fully saturated rings. The number of carbonyl (C=O) groups is 1. The van der Waals surface area contributed by atoms with Gasteiger partial charge in [-0.3, -0.25) is 14.0 Å². The first-order valence-electron chi connectivity index (χ1n) is 10.7. The van der Waals surface area contributed by atoms with Crippen LogP contribution in [0.25, 0.3) is 22.4 Å². The van der Waals surface area contributed by atoms with Crippen molar-refractivity contribution >= 4 is 34.2 Å². The summed E-state index contributed by atoms with van der Waals surface area (Å²) >= 11 is 1.48. The standard InChI is InChI=1S/C24H24N4O2S/c1-15-12-13-18(16(2)14-15)27-22(30)17-8-6-7-9-19(17)28-23(27)25-26-24(28)31-21-11-5-3-4-10-20(21)29/h6-9,12-14,21H,3-5,10-11H2,1-2H3. The average Bonchev–Trinajstić information content (AvgIpc) is 3.06. The van der Waals surface area contributed by atoms with Crippen LogP contribution in [0, 0.1) is 13.8 Å². The van der Waals surface area contributed by atoms with Crippen LogP contribution in [0.1, 0.15) is 43.2 Å². The maximum Gasteiger partial charge on any atom is 0.267 e. The number of carbonyl (C=O) groups excluding carboxylic acids is 1. The lowest BCUT2D eigenvalue weighted by Gasteiger charge is -2.15. The lowest BCUT2D eigenvalue weighted by molar-refractivity contribution is -0.118. The van der Waals surface area contributed by atoms with Gasteiger partial charge in [0.05, 0.1) is 21.8 Å². The molecule has 0 amide bonds. The predicted molar refractivity (Wildman–Crippen MR) is 123 cm³/mol. The van der Waals surface area contributed by atoms with E-state index in [9.17, 15) is 9.59 Å². The minimum atomic E-state index is -0.121. The molecule has 0 radical (unpaired) electrons. The molecule has 2 aromatic heterocycles. The van der Waals surface area contributed by atoms with E-state index in [1.165, 1.54) is 11.8 Å². The number of para-hydroxylation sites is 1. The molecule has 1 unspecified atom stereocenters. The molecule has 1 aliphatic rings. The summed E-state index contributed by atoms with van der Waals surface area (Å²) in [7, 11) is 0. The molecule has 4 aromatic rings. The maximum atomic E-state index is 13.5. The summed E-state index contributed by atoms with van der Waals surface area (Å²) in [5.41, 5.74) is 3.56. The Morgan fingerprint density at radius 3 is 2.68 bits per heavy atom. The van der Waals surface area contributed by atoms with E-state index < -0.39 is 0 Å². The minimum absolute atomic E-state index is 0.116. The largest absolute Gasteiger partial charge is 0.298 e. The second kappa shape index (κ2) is 7.96. The lowest BCUT2D eigenvalue weighted by atomic mass is 10.1. The number of hydrogen-bond acceptors (Lipinski definition) is 5. The summed E-state index contributed by atoms with van der Waals surface area (Å²) < 4.78 is 3.57. The quantitative estimate of drug-likeness (QED) is 0.441. The van der Waals surface area contributed by atoms with Gasteiger partial charge < -0.3 is 0 Å². The van der Waals surface area contributed by atoms with Crippen molar-refractivity contribution in [1.82, 2.24) is 19.2 Å². The zero-order valence-corrected chi connectivity index (χ0v) is 18.5. The molecular formula is C24H24N4O2S. The highest BCUT2D eigenvalue weighted by atomic mass is 32.2. The third-order valence-corrected chi connectivity index (χ3v) is 7.24. The van der Waals surface area contributed by atoms with E-state index in [1.807, 2.05) is 54.6 Å². The predicted octanol–water partition coefficient (Wildman–Crippen LogP) is 4.64. The van der Waals surface area contributed by atoms with Crippen LogP contribution in [-0.4, -0.2) is 30.2 Å². The molecule has 0 spiro atoms. The van der Waals surface area contributed by atoms with Crippen LogP contribution in [0.15, 0.2) is 52.4 Å². The van der Waals surface area contributed by atoms with Crippen molar-refractivity contribution in [3.8, 4) is 5.69 Å². The van der Waals surface area contributed by atoms with Gasteiger partial charge in [0, 0.05) is 6.42 Å². The van der Waals surface area contributed by atoms with Crippen molar-refractivity contribution < 1.29 is 4.79 Å². The fourth-order valence-corrected chi connectivity index (χ4v) is 5.57. The van der Waals surface area contributed by atoms with Gasteiger partial charge in [0.2, 0.25) is 5.78 Å². The van der Waals surface area contributed by atoms with Gasteiger partial charge in [-0.05, 0) is 50.5 Å². The first kappa shape index (κ1) is 20.0. The fraction of sp³-hybridized carbons (Fsp3) is 0.333. The van der Waals surface area contributed by atoms with Crippen molar-refractivity contribution in [2.45, 2.75) is 56.4 Å². The highest BCUT2D eigenvalue weighted by Crippen LogP contribution is 2.32. The third kappa shape index (κ3) is 3.47. The van der Waals surface area contributed by atoms with E-state index >= 15 is 0 Å². The number of fused-ring (bicyclic) bond motifs is 3. The molecule has 1 saturated carbocycles. The number of Topliss-reactive ketones (excluding diaryl/α,β-unsaturated/α-hetero) is 1. The van der Waals surface area contributed by atoms with Crippen molar-refractivity contribution in [1.29, 1.82) is 0 Å². The van der Waals surface area contributed by atoms with Gasteiger partial charge in [0.25, 0.3) is 5.56 Å². The van der Waals surface area contributed by atoms with E-state index in [-0.39, 0.29) is 16.6 Å². The Labute approximate surface area is 184 Å². The molecular weight excluding hydrogens is 408 g/mol. The molecule has 31 heavy (non-hydrogen) atoms. The summed E-state index contributed by atoms with van der Waals surface area (Å²) in [5.74, 6) is 0.755. The van der Waals surface area contributed by atoms with Gasteiger partial charge in [0.1, 0.15) is 5.78 Å². The lowest BCUT2D eigenvalue weighted by Crippen LogP contribution is -2.23. The first-order chi connectivity index (χ1) is 15.0. The van der Waals surface area contributed by atoms with E-state index in [2.05, 4.69) is 16.3 Å². The van der Waals surface area contributed by atoms with Gasteiger partial charge in [-0.1, -0.05) is 54.4 Å². The fourth-order valence-electron chi connectivity index (χ4n) is 4.41. The highest BCUT2D eigenvalue weighted by Gasteiger charge is 2.26. The van der Waals surface area contributed by atoms with Crippen LogP contribution in [0.2, 0.25) is 0 Å². The minimum Gasteiger partial charge on any atom is -0.298 e. The molecule has 7 heteroatoms. The van der Waals surface area contributed by atoms with Crippen LogP contribution in [0.5, 0.6) is 0 Å². The van der Waals surface area contributed by atoms with E-state index in [1.54, 1.807) is 4.57 Å². The van der Waals surface area contributed by atoms with Crippen LogP contribution in [0.3, 0.4) is 0 Å². The van der Waals surface area contributed by atoms with Gasteiger partial charge in [0.15, 0.2) is 5.16 Å². The van der Waals surface area contributed by atoms with Crippen LogP contribution in [0.4, 0.5) is 0 Å². The molecule has 0 saturated heterocycles. The van der Waals surface area contributed by atoms with E-state index in [0.717, 1.165) is 48.0 Å². The molecule has 1 atom stereocenters. The summed E-state index contributed by atoms with van der Waals surface area (Å²) in [6.45, 7) is 4.03. The number of aromatic nitrogens is 4. The van der Waals surface area contributed by atoms with Crippen molar-refractivity contribution in [3.05, 3.63) is 63.9 Å². The normalized spacial score (nSPS) is 17.4. The van der Waals surface area contributed by atoms with Gasteiger partial charge in [-0.25, -0.2) is 4.57 Å². The van der Waals surface area contributed by atoms with Gasteiger partial charge in [-0.2, -0.15) is 0 Å². The molecule has 0 bridgehead atoms. The zero-order chi connectivity index (χ0) is 21.5. The van der Waals surface area contributed by atoms with Crippen LogP contribution < -0.4 is 5.56 Å². The number of benzene rings is 2. The maximum absolute atomic E-state index is 13.5. The Kier molecular flexibility index (Phi) is 5.14. The summed E-state index contributed by atoms with van der Waals surface area (Å²) in [6, 6.07) is 13.5. The number of aryl methyl sites for hydroxylation is 2. The molecule has 158 valence electrons. The van der Waals surface area contributed by atoms with Crippen molar-refractivity contribution in [3.63, 3.8) is 0 Å². The third-order valence-electron chi connectivity index (χ3n) is 5.98. The molecule has 1 aliphatic carbocycles. The average molecular weight is 433 g/mol. The molecule has 0 aliphatic heterocycles. The Bertz CT molecular complexity index is 1370. The van der Waals surface area contributed by atoms with Crippen molar-refractivity contribution in [2.24, 2.45) is 0 Å². The smallest absolute Gasteiger partial charge is 0.267 e. The second-order valence-electron chi connectivity index (χ2n) is 8.24. The Morgan fingerprint density at radius 1 is 1.00 bits per heavy atom. The van der Waals surface area contributed by atoms with Gasteiger partial charge >= 0.3 is 0 Å². The Morgan fingerprint density at radius 2 is 1.84 bits per heavy atom. The zero-order valence-electron chi connectivity index (χ0n) is 17.7. The van der Waals surface area contributed by atoms with Gasteiger partial charge in [-0.15, -0.1) is 10.2 Å². The summed E-state index contributed by atoms with van der Waals surface area (Å²) in [5, 5.41) is 10.0. The SMILES string of the molecule is Cc1ccc(-n2c(=O)c3ccccc3n3c(SC4CCCCCC4=O)nnc23)c(C)c1. The summed E-state index contributed by atoms with van der Waals surface area (Å²) in [4.78, 5) is 26.1. The number of nitrogens with zero attached hydrogens (tertiary/aromatic N) is 4. The van der Waals surface area contributed by atoms with Crippen molar-refractivity contribution in [2.75, 3.05) is 0 Å². The molecule has 6 nitrogen and oxygen atoms in total. The number of ketones is 1. The van der Waals surface area contributed by atoms with E-state index in [4.69, 9.17) is 0 Å². The Hall–Kier alpha value is -2.93. The number of hydrogen-bond donors (Lipinski definition) is 0. The number of thioether (sulfide) groups is 1. The number of rotatable bonds is 3. The summed E-state index contributed by atoms with van der Waals surface area (Å²) in [6.07, 6.45) is 4.59. The Balaban J connectivity index is 1.76. The second-order valence-corrected chi connectivity index (χ2v) is 9.41. The first-order valence-corrected chi connectivity index (χ1v) is 11.6. The molecule has 2 aromatic carbocycles. The molecule has 2 heterocycles. The highest BCUT2D eigenvalue weighted by molar-refractivity contribution is 8.00. The molecule has 0 N–H and O–H groups in total.